The maximum absolute atomic E-state index is 12.3. The van der Waals surface area contributed by atoms with Crippen molar-refractivity contribution in [3.05, 3.63) is 41.5 Å². The molecule has 1 N–H and O–H groups in total. The van der Waals surface area contributed by atoms with Gasteiger partial charge in [-0.1, -0.05) is 6.07 Å². The first-order chi connectivity index (χ1) is 12.7. The van der Waals surface area contributed by atoms with Crippen molar-refractivity contribution >= 4 is 11.6 Å². The Morgan fingerprint density at radius 2 is 1.88 bits per heavy atom. The van der Waals surface area contributed by atoms with Gasteiger partial charge in [-0.05, 0) is 36.2 Å². The van der Waals surface area contributed by atoms with E-state index in [1.807, 2.05) is 37.3 Å². The minimum Gasteiger partial charge on any atom is -0.493 e. The van der Waals surface area contributed by atoms with E-state index >= 15 is 0 Å². The van der Waals surface area contributed by atoms with E-state index in [4.69, 9.17) is 18.9 Å². The maximum Gasteiger partial charge on any atom is 0.225 e. The van der Waals surface area contributed by atoms with Crippen LogP contribution in [-0.4, -0.2) is 32.8 Å². The van der Waals surface area contributed by atoms with Crippen molar-refractivity contribution in [2.75, 3.05) is 32.2 Å². The summed E-state index contributed by atoms with van der Waals surface area (Å²) in [4.78, 5) is 12.3. The van der Waals surface area contributed by atoms with Gasteiger partial charge in [-0.25, -0.2) is 0 Å². The summed E-state index contributed by atoms with van der Waals surface area (Å²) < 4.78 is 22.4. The van der Waals surface area contributed by atoms with Gasteiger partial charge < -0.3 is 24.3 Å². The minimum atomic E-state index is -0.0841. The number of carbonyl (C=O) groups is 1. The highest BCUT2D eigenvalue weighted by Gasteiger charge is 2.30. The third-order valence-corrected chi connectivity index (χ3v) is 4.64. The van der Waals surface area contributed by atoms with E-state index in [0.29, 0.717) is 49.2 Å². The number of hydrogen-bond donors (Lipinski definition) is 1. The normalized spacial score (nSPS) is 17.9. The highest BCUT2D eigenvalue weighted by Crippen LogP contribution is 2.45. The van der Waals surface area contributed by atoms with Crippen LogP contribution < -0.4 is 24.3 Å². The van der Waals surface area contributed by atoms with Crippen molar-refractivity contribution in [3.63, 3.8) is 0 Å². The van der Waals surface area contributed by atoms with Crippen LogP contribution in [0.15, 0.2) is 30.3 Å². The molecule has 0 fully saturated rings. The molecule has 0 saturated carbocycles. The minimum absolute atomic E-state index is 0.0213. The Labute approximate surface area is 152 Å². The molecule has 6 nitrogen and oxygen atoms in total. The van der Waals surface area contributed by atoms with Gasteiger partial charge in [-0.15, -0.1) is 0 Å². The third-order valence-electron chi connectivity index (χ3n) is 4.64. The van der Waals surface area contributed by atoms with Crippen molar-refractivity contribution in [3.8, 4) is 23.0 Å². The van der Waals surface area contributed by atoms with Gasteiger partial charge in [0.1, 0.15) is 13.2 Å². The standard InChI is InChI=1S/C20H21NO5/c1-3-24-16-5-4-12(8-17(16)23-2)13-10-20(22)21-15-11-19-18(9-14(13)15)25-6-7-26-19/h4-5,8-9,11,13H,3,6-7,10H2,1-2H3,(H,21,22)/t13-/m0/s1. The molecule has 0 aromatic heterocycles. The molecule has 0 spiro atoms. The van der Waals surface area contributed by atoms with Crippen molar-refractivity contribution in [2.45, 2.75) is 19.3 Å². The van der Waals surface area contributed by atoms with Crippen LogP contribution in [0.5, 0.6) is 23.0 Å². The molecule has 0 bridgehead atoms. The van der Waals surface area contributed by atoms with Crippen LogP contribution in [0.1, 0.15) is 30.4 Å². The fourth-order valence-corrected chi connectivity index (χ4v) is 3.47. The van der Waals surface area contributed by atoms with Crippen LogP contribution in [0.4, 0.5) is 5.69 Å². The average Bonchev–Trinajstić information content (AvgIpc) is 2.66. The summed E-state index contributed by atoms with van der Waals surface area (Å²) in [6, 6.07) is 9.63. The van der Waals surface area contributed by atoms with Crippen LogP contribution in [0, 0.1) is 0 Å². The molecule has 2 aromatic carbocycles. The van der Waals surface area contributed by atoms with Crippen LogP contribution >= 0.6 is 0 Å². The molecular weight excluding hydrogens is 334 g/mol. The number of nitrogens with one attached hydrogen (secondary N) is 1. The van der Waals surface area contributed by atoms with Crippen LogP contribution in [0.25, 0.3) is 0 Å². The molecule has 2 aliphatic heterocycles. The van der Waals surface area contributed by atoms with Crippen molar-refractivity contribution in [1.82, 2.24) is 0 Å². The summed E-state index contributed by atoms with van der Waals surface area (Å²) in [5.41, 5.74) is 2.78. The van der Waals surface area contributed by atoms with Gasteiger partial charge in [0.05, 0.1) is 13.7 Å². The zero-order valence-corrected chi connectivity index (χ0v) is 14.8. The molecule has 1 atom stereocenters. The van der Waals surface area contributed by atoms with E-state index in [9.17, 15) is 4.79 Å². The molecule has 1 amide bonds. The van der Waals surface area contributed by atoms with Gasteiger partial charge in [0, 0.05) is 24.1 Å². The van der Waals surface area contributed by atoms with Crippen molar-refractivity contribution in [2.24, 2.45) is 0 Å². The summed E-state index contributed by atoms with van der Waals surface area (Å²) in [5, 5.41) is 2.94. The zero-order chi connectivity index (χ0) is 18.1. The Hall–Kier alpha value is -2.89. The van der Waals surface area contributed by atoms with Gasteiger partial charge in [0.2, 0.25) is 5.91 Å². The van der Waals surface area contributed by atoms with E-state index in [1.165, 1.54) is 0 Å². The number of hydrogen-bond acceptors (Lipinski definition) is 5. The Balaban J connectivity index is 1.77. The number of benzene rings is 2. The molecule has 2 heterocycles. The Morgan fingerprint density at radius 3 is 2.62 bits per heavy atom. The summed E-state index contributed by atoms with van der Waals surface area (Å²) in [6.45, 7) is 3.53. The number of methoxy groups -OCH3 is 1. The lowest BCUT2D eigenvalue weighted by molar-refractivity contribution is -0.116. The second-order valence-corrected chi connectivity index (χ2v) is 6.23. The lowest BCUT2D eigenvalue weighted by Crippen LogP contribution is -2.24. The fourth-order valence-electron chi connectivity index (χ4n) is 3.47. The molecule has 0 saturated heterocycles. The lowest BCUT2D eigenvalue weighted by atomic mass is 9.84. The Bertz CT molecular complexity index is 848. The fraction of sp³-hybridized carbons (Fsp3) is 0.350. The first kappa shape index (κ1) is 16.6. The Kier molecular flexibility index (Phi) is 4.32. The maximum atomic E-state index is 12.3. The zero-order valence-electron chi connectivity index (χ0n) is 14.8. The first-order valence-electron chi connectivity index (χ1n) is 8.73. The number of anilines is 1. The van der Waals surface area contributed by atoms with Crippen LogP contribution in [0.2, 0.25) is 0 Å². The largest absolute Gasteiger partial charge is 0.493 e. The molecule has 136 valence electrons. The topological polar surface area (TPSA) is 66.0 Å². The van der Waals surface area contributed by atoms with Gasteiger partial charge in [-0.2, -0.15) is 0 Å². The van der Waals surface area contributed by atoms with E-state index in [-0.39, 0.29) is 11.8 Å². The van der Waals surface area contributed by atoms with E-state index in [2.05, 4.69) is 5.32 Å². The molecule has 0 radical (unpaired) electrons. The van der Waals surface area contributed by atoms with E-state index in [1.54, 1.807) is 7.11 Å². The highest BCUT2D eigenvalue weighted by molar-refractivity contribution is 5.96. The molecular formula is C20H21NO5. The molecule has 6 heteroatoms. The molecule has 2 aliphatic rings. The van der Waals surface area contributed by atoms with Gasteiger partial charge >= 0.3 is 0 Å². The quantitative estimate of drug-likeness (QED) is 0.911. The van der Waals surface area contributed by atoms with Gasteiger partial charge in [-0.3, -0.25) is 4.79 Å². The number of amides is 1. The average molecular weight is 355 g/mol. The van der Waals surface area contributed by atoms with E-state index in [0.717, 1.165) is 16.8 Å². The second kappa shape index (κ2) is 6.78. The molecule has 4 rings (SSSR count). The van der Waals surface area contributed by atoms with Crippen LogP contribution in [-0.2, 0) is 4.79 Å². The molecule has 26 heavy (non-hydrogen) atoms. The summed E-state index contributed by atoms with van der Waals surface area (Å²) in [6.07, 6.45) is 0.365. The van der Waals surface area contributed by atoms with Crippen molar-refractivity contribution < 1.29 is 23.7 Å². The highest BCUT2D eigenvalue weighted by atomic mass is 16.6. The van der Waals surface area contributed by atoms with Crippen molar-refractivity contribution in [1.29, 1.82) is 0 Å². The predicted octanol–water partition coefficient (Wildman–Crippen LogP) is 3.34. The number of ether oxygens (including phenoxy) is 4. The Morgan fingerprint density at radius 1 is 1.12 bits per heavy atom. The van der Waals surface area contributed by atoms with Gasteiger partial charge in [0.15, 0.2) is 23.0 Å². The monoisotopic (exact) mass is 355 g/mol. The molecule has 0 unspecified atom stereocenters. The first-order valence-corrected chi connectivity index (χ1v) is 8.73. The predicted molar refractivity (Wildman–Crippen MR) is 96.7 cm³/mol. The second-order valence-electron chi connectivity index (χ2n) is 6.23. The molecule has 0 aliphatic carbocycles. The summed E-state index contributed by atoms with van der Waals surface area (Å²) in [5.74, 6) is 2.64. The SMILES string of the molecule is CCOc1ccc([C@@H]2CC(=O)Nc3cc4c(cc32)OCCO4)cc1OC. The number of fused-ring (bicyclic) bond motifs is 2. The van der Waals surface area contributed by atoms with Crippen LogP contribution in [0.3, 0.4) is 0 Å². The van der Waals surface area contributed by atoms with E-state index < -0.39 is 0 Å². The molecule has 2 aromatic rings. The summed E-state index contributed by atoms with van der Waals surface area (Å²) >= 11 is 0. The lowest BCUT2D eigenvalue weighted by Gasteiger charge is -2.29. The number of carbonyl (C=O) groups excluding carboxylic acids is 1. The number of rotatable bonds is 4. The third kappa shape index (κ3) is 2.92. The van der Waals surface area contributed by atoms with Gasteiger partial charge in [0.25, 0.3) is 0 Å². The summed E-state index contributed by atoms with van der Waals surface area (Å²) in [7, 11) is 1.62. The smallest absolute Gasteiger partial charge is 0.225 e.